The Morgan fingerprint density at radius 3 is 2.53 bits per heavy atom. The molecule has 102 valence electrons. The average Bonchev–Trinajstić information content (AvgIpc) is 2.85. The summed E-state index contributed by atoms with van der Waals surface area (Å²) in [5.74, 6) is 2.26. The summed E-state index contributed by atoms with van der Waals surface area (Å²) >= 11 is 5.86. The van der Waals surface area contributed by atoms with Gasteiger partial charge in [0, 0.05) is 12.4 Å². The Kier molecular flexibility index (Phi) is 4.43. The fourth-order valence-electron chi connectivity index (χ4n) is 2.15. The first kappa shape index (κ1) is 13.9. The van der Waals surface area contributed by atoms with Gasteiger partial charge in [-0.2, -0.15) is 5.10 Å². The molecule has 0 aliphatic heterocycles. The summed E-state index contributed by atoms with van der Waals surface area (Å²) in [5.41, 5.74) is 3.30. The van der Waals surface area contributed by atoms with E-state index >= 15 is 0 Å². The van der Waals surface area contributed by atoms with Crippen LogP contribution in [0.3, 0.4) is 0 Å². The zero-order valence-corrected chi connectivity index (χ0v) is 12.2. The fourth-order valence-corrected chi connectivity index (χ4v) is 2.30. The third kappa shape index (κ3) is 3.07. The summed E-state index contributed by atoms with van der Waals surface area (Å²) in [4.78, 5) is 4.20. The lowest BCUT2D eigenvalue weighted by Crippen LogP contribution is -2.08. The molecule has 0 saturated carbocycles. The molecular weight excluding hydrogens is 262 g/mol. The monoisotopic (exact) mass is 279 g/mol. The molecule has 2 aromatic rings. The third-order valence-electron chi connectivity index (χ3n) is 3.02. The Labute approximate surface area is 118 Å². The van der Waals surface area contributed by atoms with Crippen molar-refractivity contribution in [2.75, 3.05) is 0 Å². The summed E-state index contributed by atoms with van der Waals surface area (Å²) in [6.07, 6.45) is 1.55. The maximum atomic E-state index is 5.89. The Morgan fingerprint density at radius 2 is 1.95 bits per heavy atom. The Bertz CT molecular complexity index is 543. The van der Waals surface area contributed by atoms with E-state index in [1.54, 1.807) is 6.33 Å². The van der Waals surface area contributed by atoms with Gasteiger partial charge in [-0.25, -0.2) is 9.67 Å². The van der Waals surface area contributed by atoms with Crippen LogP contribution in [0.1, 0.15) is 29.4 Å². The SMILES string of the molecule is CCn1ncnc1COc1c(C)cc(CCl)cc1C. The van der Waals surface area contributed by atoms with Gasteiger partial charge in [0.25, 0.3) is 0 Å². The standard InChI is InChI=1S/C14H18ClN3O/c1-4-18-13(16-9-17-18)8-19-14-10(2)5-12(7-15)6-11(14)3/h5-6,9H,4,7-8H2,1-3H3. The normalized spacial score (nSPS) is 10.7. The molecule has 0 bridgehead atoms. The van der Waals surface area contributed by atoms with Crippen LogP contribution in [0.25, 0.3) is 0 Å². The van der Waals surface area contributed by atoms with E-state index in [2.05, 4.69) is 22.2 Å². The predicted octanol–water partition coefficient (Wildman–Crippen LogP) is 3.23. The lowest BCUT2D eigenvalue weighted by atomic mass is 10.1. The number of benzene rings is 1. The second kappa shape index (κ2) is 6.06. The smallest absolute Gasteiger partial charge is 0.164 e. The molecule has 4 nitrogen and oxygen atoms in total. The molecule has 1 aromatic heterocycles. The predicted molar refractivity (Wildman–Crippen MR) is 75.5 cm³/mol. The quantitative estimate of drug-likeness (QED) is 0.789. The highest BCUT2D eigenvalue weighted by Crippen LogP contribution is 2.26. The molecule has 0 radical (unpaired) electrons. The van der Waals surface area contributed by atoms with Gasteiger partial charge in [0.2, 0.25) is 0 Å². The maximum absolute atomic E-state index is 5.89. The van der Waals surface area contributed by atoms with Crippen molar-refractivity contribution in [2.24, 2.45) is 0 Å². The summed E-state index contributed by atoms with van der Waals surface area (Å²) in [7, 11) is 0. The second-order valence-corrected chi connectivity index (χ2v) is 4.74. The van der Waals surface area contributed by atoms with Crippen molar-refractivity contribution in [1.82, 2.24) is 14.8 Å². The van der Waals surface area contributed by atoms with Gasteiger partial charge in [0.1, 0.15) is 18.7 Å². The molecule has 2 rings (SSSR count). The topological polar surface area (TPSA) is 39.9 Å². The van der Waals surface area contributed by atoms with E-state index in [1.807, 2.05) is 25.5 Å². The van der Waals surface area contributed by atoms with Crippen LogP contribution < -0.4 is 4.74 Å². The summed E-state index contributed by atoms with van der Waals surface area (Å²) in [5, 5.41) is 4.13. The van der Waals surface area contributed by atoms with Gasteiger partial charge in [-0.15, -0.1) is 11.6 Å². The van der Waals surface area contributed by atoms with Crippen LogP contribution in [0.5, 0.6) is 5.75 Å². The van der Waals surface area contributed by atoms with Gasteiger partial charge in [-0.3, -0.25) is 0 Å². The summed E-state index contributed by atoms with van der Waals surface area (Å²) < 4.78 is 7.72. The highest BCUT2D eigenvalue weighted by Gasteiger charge is 2.09. The second-order valence-electron chi connectivity index (χ2n) is 4.47. The minimum atomic E-state index is 0.426. The molecular formula is C14H18ClN3O. The molecule has 0 aliphatic carbocycles. The molecule has 0 atom stereocenters. The van der Waals surface area contributed by atoms with Gasteiger partial charge < -0.3 is 4.74 Å². The number of halogens is 1. The van der Waals surface area contributed by atoms with Crippen molar-refractivity contribution in [1.29, 1.82) is 0 Å². The number of aromatic nitrogens is 3. The molecule has 0 saturated heterocycles. The first-order chi connectivity index (χ1) is 9.15. The van der Waals surface area contributed by atoms with E-state index in [9.17, 15) is 0 Å². The molecule has 0 N–H and O–H groups in total. The lowest BCUT2D eigenvalue weighted by molar-refractivity contribution is 0.283. The average molecular weight is 280 g/mol. The van der Waals surface area contributed by atoms with Crippen molar-refractivity contribution in [2.45, 2.75) is 39.8 Å². The van der Waals surface area contributed by atoms with Crippen LogP contribution in [-0.2, 0) is 19.0 Å². The van der Waals surface area contributed by atoms with Crippen molar-refractivity contribution in [3.63, 3.8) is 0 Å². The molecule has 0 unspecified atom stereocenters. The molecule has 0 amide bonds. The number of ether oxygens (including phenoxy) is 1. The van der Waals surface area contributed by atoms with Crippen LogP contribution in [0.2, 0.25) is 0 Å². The van der Waals surface area contributed by atoms with Crippen LogP contribution in [0, 0.1) is 13.8 Å². The van der Waals surface area contributed by atoms with E-state index in [0.29, 0.717) is 12.5 Å². The molecule has 0 fully saturated rings. The zero-order chi connectivity index (χ0) is 13.8. The Morgan fingerprint density at radius 1 is 1.26 bits per heavy atom. The molecule has 1 aromatic carbocycles. The van der Waals surface area contributed by atoms with E-state index < -0.39 is 0 Å². The molecule has 0 aliphatic rings. The van der Waals surface area contributed by atoms with Gasteiger partial charge in [-0.1, -0.05) is 12.1 Å². The van der Waals surface area contributed by atoms with Gasteiger partial charge >= 0.3 is 0 Å². The van der Waals surface area contributed by atoms with Crippen LogP contribution in [0.4, 0.5) is 0 Å². The van der Waals surface area contributed by atoms with Gasteiger partial charge in [-0.05, 0) is 37.5 Å². The molecule has 5 heteroatoms. The summed E-state index contributed by atoms with van der Waals surface area (Å²) in [6.45, 7) is 7.31. The van der Waals surface area contributed by atoms with E-state index in [1.165, 1.54) is 0 Å². The van der Waals surface area contributed by atoms with Crippen molar-refractivity contribution in [3.05, 3.63) is 41.0 Å². The van der Waals surface area contributed by atoms with Crippen LogP contribution >= 0.6 is 11.6 Å². The highest BCUT2D eigenvalue weighted by molar-refractivity contribution is 6.17. The van der Waals surface area contributed by atoms with E-state index in [4.69, 9.17) is 16.3 Å². The highest BCUT2D eigenvalue weighted by atomic mass is 35.5. The number of rotatable bonds is 5. The number of hydrogen-bond donors (Lipinski definition) is 0. The van der Waals surface area contributed by atoms with Crippen LogP contribution in [0.15, 0.2) is 18.5 Å². The number of alkyl halides is 1. The van der Waals surface area contributed by atoms with Crippen molar-refractivity contribution < 1.29 is 4.74 Å². The maximum Gasteiger partial charge on any atom is 0.164 e. The fraction of sp³-hybridized carbons (Fsp3) is 0.429. The minimum absolute atomic E-state index is 0.426. The number of hydrogen-bond acceptors (Lipinski definition) is 3. The molecule has 19 heavy (non-hydrogen) atoms. The molecule has 1 heterocycles. The number of nitrogens with zero attached hydrogens (tertiary/aromatic N) is 3. The van der Waals surface area contributed by atoms with Crippen molar-refractivity contribution >= 4 is 11.6 Å². The van der Waals surface area contributed by atoms with Crippen LogP contribution in [-0.4, -0.2) is 14.8 Å². The van der Waals surface area contributed by atoms with E-state index in [-0.39, 0.29) is 0 Å². The zero-order valence-electron chi connectivity index (χ0n) is 11.5. The van der Waals surface area contributed by atoms with Gasteiger partial charge in [0.05, 0.1) is 0 Å². The third-order valence-corrected chi connectivity index (χ3v) is 3.32. The first-order valence-corrected chi connectivity index (χ1v) is 6.84. The van der Waals surface area contributed by atoms with Crippen molar-refractivity contribution in [3.8, 4) is 5.75 Å². The molecule has 0 spiro atoms. The minimum Gasteiger partial charge on any atom is -0.485 e. The van der Waals surface area contributed by atoms with Gasteiger partial charge in [0.15, 0.2) is 5.82 Å². The Balaban J connectivity index is 2.16. The largest absolute Gasteiger partial charge is 0.485 e. The first-order valence-electron chi connectivity index (χ1n) is 6.31. The Hall–Kier alpha value is -1.55. The number of aryl methyl sites for hydroxylation is 3. The summed E-state index contributed by atoms with van der Waals surface area (Å²) in [6, 6.07) is 4.11. The lowest BCUT2D eigenvalue weighted by Gasteiger charge is -2.13. The van der Waals surface area contributed by atoms with E-state index in [0.717, 1.165) is 34.8 Å².